The third-order valence-corrected chi connectivity index (χ3v) is 4.32. The third kappa shape index (κ3) is 4.41. The summed E-state index contributed by atoms with van der Waals surface area (Å²) in [4.78, 5) is 9.03. The van der Waals surface area contributed by atoms with Crippen LogP contribution in [0.3, 0.4) is 0 Å². The van der Waals surface area contributed by atoms with Gasteiger partial charge in [-0.15, -0.1) is 0 Å². The Bertz CT molecular complexity index is 525. The van der Waals surface area contributed by atoms with Gasteiger partial charge in [0.2, 0.25) is 0 Å². The molecule has 102 valence electrons. The fourth-order valence-corrected chi connectivity index (χ4v) is 2.99. The van der Waals surface area contributed by atoms with E-state index in [1.54, 1.807) is 0 Å². The molecule has 0 aromatic carbocycles. The summed E-state index contributed by atoms with van der Waals surface area (Å²) in [6, 6.07) is 6.24. The van der Waals surface area contributed by atoms with E-state index in [2.05, 4.69) is 46.6 Å². The van der Waals surface area contributed by atoms with E-state index in [0.29, 0.717) is 0 Å². The van der Waals surface area contributed by atoms with Crippen molar-refractivity contribution in [2.24, 2.45) is 0 Å². The average Bonchev–Trinajstić information content (AvgIpc) is 2.43. The number of hydrogen-bond donors (Lipinski definition) is 0. The maximum absolute atomic E-state index is 4.69. The Hall–Kier alpha value is -0.710. The van der Waals surface area contributed by atoms with Crippen LogP contribution in [0.1, 0.15) is 51.1 Å². The van der Waals surface area contributed by atoms with Crippen molar-refractivity contribution < 1.29 is 0 Å². The molecule has 0 bridgehead atoms. The van der Waals surface area contributed by atoms with Crippen molar-refractivity contribution in [1.82, 2.24) is 9.97 Å². The zero-order valence-corrected chi connectivity index (χ0v) is 13.7. The first-order chi connectivity index (χ1) is 9.31. The minimum atomic E-state index is 0.879. The highest BCUT2D eigenvalue weighted by atomic mass is 127. The Morgan fingerprint density at radius 2 is 1.89 bits per heavy atom. The number of unbranched alkanes of at least 4 members (excludes halogenated alkanes) is 5. The monoisotopic (exact) mass is 368 g/mol. The van der Waals surface area contributed by atoms with E-state index >= 15 is 0 Å². The van der Waals surface area contributed by atoms with Gasteiger partial charge in [0.15, 0.2) is 5.65 Å². The van der Waals surface area contributed by atoms with Crippen molar-refractivity contribution >= 4 is 33.6 Å². The summed E-state index contributed by atoms with van der Waals surface area (Å²) in [6.07, 6.45) is 10.9. The van der Waals surface area contributed by atoms with E-state index in [1.165, 1.54) is 47.8 Å². The number of aromatic nitrogens is 2. The van der Waals surface area contributed by atoms with Crippen LogP contribution in [0.4, 0.5) is 0 Å². The summed E-state index contributed by atoms with van der Waals surface area (Å²) >= 11 is 2.39. The van der Waals surface area contributed by atoms with Crippen molar-refractivity contribution in [2.45, 2.75) is 51.9 Å². The third-order valence-electron chi connectivity index (χ3n) is 3.38. The largest absolute Gasteiger partial charge is 0.237 e. The first-order valence-electron chi connectivity index (χ1n) is 7.21. The first kappa shape index (κ1) is 14.7. The molecule has 0 N–H and O–H groups in total. The fourth-order valence-electron chi connectivity index (χ4n) is 2.26. The minimum Gasteiger partial charge on any atom is -0.237 e. The van der Waals surface area contributed by atoms with Gasteiger partial charge in [0.05, 0.1) is 5.69 Å². The molecule has 3 heteroatoms. The van der Waals surface area contributed by atoms with Gasteiger partial charge in [-0.1, -0.05) is 39.0 Å². The van der Waals surface area contributed by atoms with Crippen molar-refractivity contribution in [1.29, 1.82) is 0 Å². The SMILES string of the molecule is CCCCCCCCc1nc2ncccc2cc1I. The summed E-state index contributed by atoms with van der Waals surface area (Å²) in [7, 11) is 0. The van der Waals surface area contributed by atoms with Crippen LogP contribution in [-0.2, 0) is 6.42 Å². The second-order valence-electron chi connectivity index (χ2n) is 4.98. The van der Waals surface area contributed by atoms with Crippen molar-refractivity contribution in [2.75, 3.05) is 0 Å². The molecule has 0 aliphatic carbocycles. The summed E-state index contributed by atoms with van der Waals surface area (Å²) in [5.74, 6) is 0. The van der Waals surface area contributed by atoms with Crippen LogP contribution in [0.5, 0.6) is 0 Å². The van der Waals surface area contributed by atoms with Crippen LogP contribution in [0.15, 0.2) is 24.4 Å². The van der Waals surface area contributed by atoms with Gasteiger partial charge < -0.3 is 0 Å². The number of pyridine rings is 2. The second kappa shape index (κ2) is 7.78. The van der Waals surface area contributed by atoms with Gasteiger partial charge in [-0.2, -0.15) is 0 Å². The lowest BCUT2D eigenvalue weighted by Gasteiger charge is -2.05. The molecule has 0 radical (unpaired) electrons. The molecular formula is C16H21IN2. The molecule has 2 aromatic rings. The highest BCUT2D eigenvalue weighted by molar-refractivity contribution is 14.1. The number of halogens is 1. The molecule has 2 heterocycles. The highest BCUT2D eigenvalue weighted by Crippen LogP contribution is 2.19. The maximum Gasteiger partial charge on any atom is 0.159 e. The fraction of sp³-hybridized carbons (Fsp3) is 0.500. The van der Waals surface area contributed by atoms with Gasteiger partial charge in [0, 0.05) is 15.2 Å². The van der Waals surface area contributed by atoms with E-state index in [1.807, 2.05) is 12.3 Å². The molecule has 0 atom stereocenters. The standard InChI is InChI=1S/C16H21IN2/c1-2-3-4-5-6-7-10-15-14(17)12-13-9-8-11-18-16(13)19-15/h8-9,11-12H,2-7,10H2,1H3. The van der Waals surface area contributed by atoms with Crippen molar-refractivity contribution in [3.05, 3.63) is 33.7 Å². The second-order valence-corrected chi connectivity index (χ2v) is 6.15. The Labute approximate surface area is 129 Å². The van der Waals surface area contributed by atoms with E-state index in [9.17, 15) is 0 Å². The molecule has 0 spiro atoms. The molecule has 0 unspecified atom stereocenters. The molecule has 0 saturated heterocycles. The van der Waals surface area contributed by atoms with E-state index in [-0.39, 0.29) is 0 Å². The summed E-state index contributed by atoms with van der Waals surface area (Å²) in [5.41, 5.74) is 2.09. The van der Waals surface area contributed by atoms with E-state index in [4.69, 9.17) is 4.98 Å². The number of nitrogens with zero attached hydrogens (tertiary/aromatic N) is 2. The smallest absolute Gasteiger partial charge is 0.159 e. The van der Waals surface area contributed by atoms with Crippen molar-refractivity contribution in [3.8, 4) is 0 Å². The zero-order valence-electron chi connectivity index (χ0n) is 11.5. The molecule has 19 heavy (non-hydrogen) atoms. The maximum atomic E-state index is 4.69. The lowest BCUT2D eigenvalue weighted by atomic mass is 10.1. The predicted octanol–water partition coefficient (Wildman–Crippen LogP) is 5.14. The first-order valence-corrected chi connectivity index (χ1v) is 8.29. The lowest BCUT2D eigenvalue weighted by Crippen LogP contribution is -1.96. The molecular weight excluding hydrogens is 347 g/mol. The molecule has 0 fully saturated rings. The summed E-state index contributed by atoms with van der Waals surface area (Å²) in [6.45, 7) is 2.26. The number of hydrogen-bond acceptors (Lipinski definition) is 2. The van der Waals surface area contributed by atoms with Crippen LogP contribution in [0, 0.1) is 3.57 Å². The predicted molar refractivity (Wildman–Crippen MR) is 89.3 cm³/mol. The Kier molecular flexibility index (Phi) is 6.01. The van der Waals surface area contributed by atoms with Gasteiger partial charge in [0.1, 0.15) is 0 Å². The van der Waals surface area contributed by atoms with E-state index < -0.39 is 0 Å². The van der Waals surface area contributed by atoms with Crippen LogP contribution in [-0.4, -0.2) is 9.97 Å². The van der Waals surface area contributed by atoms with Gasteiger partial charge in [-0.05, 0) is 53.6 Å². The molecule has 0 amide bonds. The number of aryl methyl sites for hydroxylation is 1. The van der Waals surface area contributed by atoms with Crippen LogP contribution < -0.4 is 0 Å². The van der Waals surface area contributed by atoms with Gasteiger partial charge >= 0.3 is 0 Å². The molecule has 2 aromatic heterocycles. The number of rotatable bonds is 7. The molecule has 0 saturated carbocycles. The molecule has 0 aliphatic rings. The van der Waals surface area contributed by atoms with Crippen LogP contribution >= 0.6 is 22.6 Å². The van der Waals surface area contributed by atoms with Gasteiger partial charge in [-0.25, -0.2) is 9.97 Å². The molecule has 2 rings (SSSR count). The zero-order chi connectivity index (χ0) is 13.5. The highest BCUT2D eigenvalue weighted by Gasteiger charge is 2.05. The topological polar surface area (TPSA) is 25.8 Å². The Morgan fingerprint density at radius 3 is 2.74 bits per heavy atom. The Balaban J connectivity index is 1.91. The van der Waals surface area contributed by atoms with Gasteiger partial charge in [0.25, 0.3) is 0 Å². The van der Waals surface area contributed by atoms with Crippen molar-refractivity contribution in [3.63, 3.8) is 0 Å². The van der Waals surface area contributed by atoms with E-state index in [0.717, 1.165) is 17.5 Å². The number of fused-ring (bicyclic) bond motifs is 1. The van der Waals surface area contributed by atoms with Crippen LogP contribution in [0.2, 0.25) is 0 Å². The molecule has 2 nitrogen and oxygen atoms in total. The summed E-state index contributed by atoms with van der Waals surface area (Å²) in [5, 5.41) is 1.14. The summed E-state index contributed by atoms with van der Waals surface area (Å²) < 4.78 is 1.27. The average molecular weight is 368 g/mol. The Morgan fingerprint density at radius 1 is 1.11 bits per heavy atom. The lowest BCUT2D eigenvalue weighted by molar-refractivity contribution is 0.604. The van der Waals surface area contributed by atoms with Crippen LogP contribution in [0.25, 0.3) is 11.0 Å². The normalized spacial score (nSPS) is 11.1. The molecule has 0 aliphatic heterocycles. The van der Waals surface area contributed by atoms with Gasteiger partial charge in [-0.3, -0.25) is 0 Å². The minimum absolute atomic E-state index is 0.879. The quantitative estimate of drug-likeness (QED) is 0.500.